The van der Waals surface area contributed by atoms with E-state index in [1.165, 1.54) is 16.2 Å². The van der Waals surface area contributed by atoms with Crippen LogP contribution in [-0.4, -0.2) is 17.1 Å². The van der Waals surface area contributed by atoms with Crippen molar-refractivity contribution in [2.75, 3.05) is 12.0 Å². The molecule has 19 heavy (non-hydrogen) atoms. The molecule has 0 radical (unpaired) electrons. The largest absolute Gasteiger partial charge is 0.375 e. The van der Waals surface area contributed by atoms with Crippen molar-refractivity contribution in [1.29, 1.82) is 0 Å². The van der Waals surface area contributed by atoms with Gasteiger partial charge in [-0.25, -0.2) is 4.98 Å². The van der Waals surface area contributed by atoms with E-state index in [1.54, 1.807) is 17.1 Å². The van der Waals surface area contributed by atoms with Crippen LogP contribution in [0, 0.1) is 0 Å². The summed E-state index contributed by atoms with van der Waals surface area (Å²) in [5.74, 6) is -0.200. The summed E-state index contributed by atoms with van der Waals surface area (Å²) in [6.45, 7) is 1.95. The monoisotopic (exact) mass is 293 g/mol. The third-order valence-corrected chi connectivity index (χ3v) is 4.14. The van der Waals surface area contributed by atoms with Gasteiger partial charge in [0, 0.05) is 10.3 Å². The van der Waals surface area contributed by atoms with Crippen LogP contribution in [0.2, 0.25) is 0 Å². The minimum absolute atomic E-state index is 0.0636. The Morgan fingerprint density at radius 1 is 1.42 bits per heavy atom. The molecule has 0 aliphatic rings. The Labute approximate surface area is 120 Å². The van der Waals surface area contributed by atoms with Gasteiger partial charge >= 0.3 is 0 Å². The molecule has 1 heterocycles. The Kier molecular flexibility index (Phi) is 4.44. The number of thiazole rings is 1. The molecule has 6 heteroatoms. The molecule has 0 spiro atoms. The van der Waals surface area contributed by atoms with Crippen LogP contribution in [0.4, 0.5) is 5.13 Å². The van der Waals surface area contributed by atoms with E-state index in [0.717, 1.165) is 5.56 Å². The summed E-state index contributed by atoms with van der Waals surface area (Å²) in [4.78, 5) is 17.1. The first kappa shape index (κ1) is 13.9. The van der Waals surface area contributed by atoms with Crippen LogP contribution in [0.1, 0.15) is 29.0 Å². The summed E-state index contributed by atoms with van der Waals surface area (Å²) in [5.41, 5.74) is 6.95. The zero-order chi connectivity index (χ0) is 13.8. The van der Waals surface area contributed by atoms with Crippen LogP contribution in [0.3, 0.4) is 0 Å². The molecule has 1 atom stereocenters. The van der Waals surface area contributed by atoms with Gasteiger partial charge < -0.3 is 11.1 Å². The number of hydrogen-bond acceptors (Lipinski definition) is 5. The van der Waals surface area contributed by atoms with Crippen LogP contribution < -0.4 is 11.1 Å². The Morgan fingerprint density at radius 2 is 2.11 bits per heavy atom. The topological polar surface area (TPSA) is 68.0 Å². The molecule has 1 amide bonds. The highest BCUT2D eigenvalue weighted by Crippen LogP contribution is 2.19. The van der Waals surface area contributed by atoms with Crippen LogP contribution in [0.25, 0.3) is 0 Å². The number of rotatable bonds is 4. The maximum Gasteiger partial charge on any atom is 0.271 e. The van der Waals surface area contributed by atoms with Gasteiger partial charge in [-0.2, -0.15) is 0 Å². The molecule has 1 aromatic heterocycles. The van der Waals surface area contributed by atoms with E-state index in [1.807, 2.05) is 37.4 Å². The van der Waals surface area contributed by atoms with Gasteiger partial charge in [-0.15, -0.1) is 23.1 Å². The first-order chi connectivity index (χ1) is 9.10. The summed E-state index contributed by atoms with van der Waals surface area (Å²) in [6.07, 6.45) is 2.03. The Hall–Kier alpha value is -1.53. The molecule has 3 N–H and O–H groups in total. The minimum atomic E-state index is -0.200. The number of anilines is 1. The number of nitrogen functional groups attached to an aromatic ring is 1. The van der Waals surface area contributed by atoms with Crippen molar-refractivity contribution >= 4 is 34.1 Å². The third kappa shape index (κ3) is 3.48. The predicted octanol–water partition coefficient (Wildman–Crippen LogP) is 2.94. The molecule has 2 rings (SSSR count). The van der Waals surface area contributed by atoms with Crippen molar-refractivity contribution in [3.05, 3.63) is 40.9 Å². The Balaban J connectivity index is 2.03. The fraction of sp³-hybridized carbons (Fsp3) is 0.231. The molecule has 0 aliphatic heterocycles. The number of carbonyl (C=O) groups is 1. The van der Waals surface area contributed by atoms with Crippen molar-refractivity contribution in [2.24, 2.45) is 0 Å². The smallest absolute Gasteiger partial charge is 0.271 e. The van der Waals surface area contributed by atoms with E-state index < -0.39 is 0 Å². The van der Waals surface area contributed by atoms with E-state index in [-0.39, 0.29) is 11.9 Å². The quantitative estimate of drug-likeness (QED) is 0.850. The molecule has 0 fully saturated rings. The first-order valence-electron chi connectivity index (χ1n) is 5.76. The number of nitrogens with zero attached hydrogens (tertiary/aromatic N) is 1. The van der Waals surface area contributed by atoms with Gasteiger partial charge in [0.1, 0.15) is 5.69 Å². The lowest BCUT2D eigenvalue weighted by molar-refractivity contribution is 0.0935. The Morgan fingerprint density at radius 3 is 2.63 bits per heavy atom. The predicted molar refractivity (Wildman–Crippen MR) is 80.6 cm³/mol. The van der Waals surface area contributed by atoms with Gasteiger partial charge in [0.05, 0.1) is 6.04 Å². The summed E-state index contributed by atoms with van der Waals surface area (Å²) < 4.78 is 0. The van der Waals surface area contributed by atoms with Crippen molar-refractivity contribution in [3.63, 3.8) is 0 Å². The van der Waals surface area contributed by atoms with Gasteiger partial charge in [-0.05, 0) is 30.9 Å². The number of thioether (sulfide) groups is 1. The van der Waals surface area contributed by atoms with Crippen LogP contribution in [0.15, 0.2) is 34.5 Å². The maximum absolute atomic E-state index is 11.9. The summed E-state index contributed by atoms with van der Waals surface area (Å²) >= 11 is 2.96. The Bertz CT molecular complexity index is 566. The normalized spacial score (nSPS) is 12.1. The number of amides is 1. The highest BCUT2D eigenvalue weighted by Gasteiger charge is 2.13. The van der Waals surface area contributed by atoms with Crippen LogP contribution in [-0.2, 0) is 0 Å². The number of hydrogen-bond donors (Lipinski definition) is 2. The second-order valence-electron chi connectivity index (χ2n) is 4.04. The SMILES string of the molecule is CSc1ccc(C(C)NC(=O)c2csc(N)n2)cc1. The zero-order valence-corrected chi connectivity index (χ0v) is 12.3. The van der Waals surface area contributed by atoms with E-state index >= 15 is 0 Å². The molecular formula is C13H15N3OS2. The lowest BCUT2D eigenvalue weighted by atomic mass is 10.1. The number of nitrogens with one attached hydrogen (secondary N) is 1. The molecule has 0 saturated heterocycles. The van der Waals surface area contributed by atoms with Crippen molar-refractivity contribution < 1.29 is 4.79 Å². The van der Waals surface area contributed by atoms with Crippen molar-refractivity contribution in [1.82, 2.24) is 10.3 Å². The fourth-order valence-electron chi connectivity index (χ4n) is 1.64. The number of nitrogens with two attached hydrogens (primary N) is 1. The maximum atomic E-state index is 11.9. The average Bonchev–Trinajstić information content (AvgIpc) is 2.85. The fourth-order valence-corrected chi connectivity index (χ4v) is 2.59. The molecule has 0 bridgehead atoms. The summed E-state index contributed by atoms with van der Waals surface area (Å²) in [5, 5.41) is 4.97. The van der Waals surface area contributed by atoms with Crippen LogP contribution >= 0.6 is 23.1 Å². The molecule has 0 aliphatic carbocycles. The van der Waals surface area contributed by atoms with Crippen molar-refractivity contribution in [3.8, 4) is 0 Å². The summed E-state index contributed by atoms with van der Waals surface area (Å²) in [6, 6.07) is 8.07. The van der Waals surface area contributed by atoms with Gasteiger partial charge in [0.15, 0.2) is 5.13 Å². The zero-order valence-electron chi connectivity index (χ0n) is 10.7. The van der Waals surface area contributed by atoms with E-state index in [9.17, 15) is 4.79 Å². The van der Waals surface area contributed by atoms with Gasteiger partial charge in [0.2, 0.25) is 0 Å². The van der Waals surface area contributed by atoms with Crippen molar-refractivity contribution in [2.45, 2.75) is 17.9 Å². The standard InChI is InChI=1S/C13H15N3OS2/c1-8(9-3-5-10(18-2)6-4-9)15-12(17)11-7-19-13(14)16-11/h3-8H,1-2H3,(H2,14,16)(H,15,17). The van der Waals surface area contributed by atoms with Gasteiger partial charge in [-0.3, -0.25) is 4.79 Å². The summed E-state index contributed by atoms with van der Waals surface area (Å²) in [7, 11) is 0. The highest BCUT2D eigenvalue weighted by molar-refractivity contribution is 7.98. The number of carbonyl (C=O) groups excluding carboxylic acids is 1. The molecule has 2 aromatic rings. The number of benzene rings is 1. The lowest BCUT2D eigenvalue weighted by Gasteiger charge is -2.13. The molecule has 100 valence electrons. The number of aromatic nitrogens is 1. The average molecular weight is 293 g/mol. The first-order valence-corrected chi connectivity index (χ1v) is 7.86. The van der Waals surface area contributed by atoms with Gasteiger partial charge in [-0.1, -0.05) is 12.1 Å². The molecule has 1 aromatic carbocycles. The van der Waals surface area contributed by atoms with Crippen LogP contribution in [0.5, 0.6) is 0 Å². The molecule has 0 saturated carbocycles. The minimum Gasteiger partial charge on any atom is -0.375 e. The second-order valence-corrected chi connectivity index (χ2v) is 5.81. The molecule has 4 nitrogen and oxygen atoms in total. The van der Waals surface area contributed by atoms with Gasteiger partial charge in [0.25, 0.3) is 5.91 Å². The molecular weight excluding hydrogens is 278 g/mol. The molecule has 1 unspecified atom stereocenters. The van der Waals surface area contributed by atoms with E-state index in [0.29, 0.717) is 10.8 Å². The van der Waals surface area contributed by atoms with E-state index in [4.69, 9.17) is 5.73 Å². The third-order valence-electron chi connectivity index (χ3n) is 2.72. The van der Waals surface area contributed by atoms with E-state index in [2.05, 4.69) is 10.3 Å². The second kappa shape index (κ2) is 6.08. The highest BCUT2D eigenvalue weighted by atomic mass is 32.2. The lowest BCUT2D eigenvalue weighted by Crippen LogP contribution is -2.26.